The van der Waals surface area contributed by atoms with Gasteiger partial charge in [-0.15, -0.1) is 6.58 Å². The summed E-state index contributed by atoms with van der Waals surface area (Å²) in [6.45, 7) is 4.38. The number of phosphoric acid groups is 1. The third kappa shape index (κ3) is 9.05. The third-order valence-electron chi connectivity index (χ3n) is 6.21. The average molecular weight is 545 g/mol. The molecule has 13 nitrogen and oxygen atoms in total. The van der Waals surface area contributed by atoms with Crippen LogP contribution < -0.4 is 0 Å². The fraction of sp³-hybridized carbons (Fsp3) is 0.909. The Kier molecular flexibility index (Phi) is 13.4. The lowest BCUT2D eigenvalue weighted by atomic mass is 9.97. The van der Waals surface area contributed by atoms with Crippen LogP contribution in [0.2, 0.25) is 0 Å². The summed E-state index contributed by atoms with van der Waals surface area (Å²) in [6.07, 6.45) is -7.08. The number of hydrogen-bond acceptors (Lipinski definition) is 12. The Morgan fingerprint density at radius 1 is 0.861 bits per heavy atom. The highest BCUT2D eigenvalue weighted by Crippen LogP contribution is 2.46. The van der Waals surface area contributed by atoms with Crippen LogP contribution in [0.15, 0.2) is 12.7 Å². The first-order valence-corrected chi connectivity index (χ1v) is 13.8. The molecule has 36 heavy (non-hydrogen) atoms. The van der Waals surface area contributed by atoms with Gasteiger partial charge in [0.2, 0.25) is 0 Å². The van der Waals surface area contributed by atoms with Crippen LogP contribution in [0.4, 0.5) is 0 Å². The van der Waals surface area contributed by atoms with E-state index in [1.807, 2.05) is 6.08 Å². The van der Waals surface area contributed by atoms with Gasteiger partial charge in [-0.05, 0) is 26.2 Å². The van der Waals surface area contributed by atoms with E-state index in [-0.39, 0.29) is 6.61 Å². The second kappa shape index (κ2) is 15.2. The summed E-state index contributed by atoms with van der Waals surface area (Å²) in [7, 11) is -4.62. The highest BCUT2D eigenvalue weighted by molar-refractivity contribution is 7.47. The molecule has 14 heteroatoms. The van der Waals surface area contributed by atoms with Crippen LogP contribution in [0.5, 0.6) is 0 Å². The molecule has 0 aliphatic carbocycles. The summed E-state index contributed by atoms with van der Waals surface area (Å²) in [6, 6.07) is 0. The lowest BCUT2D eigenvalue weighted by Crippen LogP contribution is -2.63. The van der Waals surface area contributed by atoms with Crippen LogP contribution in [0.25, 0.3) is 0 Å². The standard InChI is InChI=1S/C22H41O13P/c1-3-4-5-6-7-8-9-10-11-31-36(29,30)35-22-19(28)17(26)20(13(2)32-22)34-21-18(27)16(25)15(24)14(12-23)33-21/h3,13-28H,1,4-12H2,2H3,(H,29,30)/t13-,14-,15+,16+,17-,18-,19+,20-,21+,22-/m1/s1. The Balaban J connectivity index is 1.81. The van der Waals surface area contributed by atoms with E-state index in [1.165, 1.54) is 6.92 Å². The molecule has 11 atom stereocenters. The summed E-state index contributed by atoms with van der Waals surface area (Å²) < 4.78 is 38.3. The first kappa shape index (κ1) is 31.7. The Morgan fingerprint density at radius 2 is 1.47 bits per heavy atom. The molecular weight excluding hydrogens is 503 g/mol. The molecule has 0 aromatic carbocycles. The largest absolute Gasteiger partial charge is 0.474 e. The molecule has 0 aromatic heterocycles. The van der Waals surface area contributed by atoms with Gasteiger partial charge in [-0.2, -0.15) is 0 Å². The quantitative estimate of drug-likeness (QED) is 0.0804. The molecule has 2 aliphatic rings. The number of phosphoric ester groups is 1. The first-order chi connectivity index (χ1) is 17.0. The highest BCUT2D eigenvalue weighted by atomic mass is 31.2. The van der Waals surface area contributed by atoms with Crippen molar-refractivity contribution >= 4 is 7.82 Å². The lowest BCUT2D eigenvalue weighted by molar-refractivity contribution is -0.349. The van der Waals surface area contributed by atoms with Crippen molar-refractivity contribution in [1.29, 1.82) is 0 Å². The van der Waals surface area contributed by atoms with Crippen LogP contribution in [-0.4, -0.2) is 110 Å². The molecule has 2 aliphatic heterocycles. The number of aliphatic hydroxyl groups is 6. The SMILES string of the molecule is C=CCCCCCCCCOP(=O)(O)O[C@H]1O[C@H](C)[C@@H](O[C@@H]2O[C@H](CO)[C@H](O)[C@H](O)[C@H]2O)[C@H](O)[C@@H]1O. The summed E-state index contributed by atoms with van der Waals surface area (Å²) >= 11 is 0. The monoisotopic (exact) mass is 544 g/mol. The van der Waals surface area contributed by atoms with Crippen LogP contribution in [0.1, 0.15) is 51.9 Å². The van der Waals surface area contributed by atoms with Crippen molar-refractivity contribution in [2.45, 2.75) is 113 Å². The summed E-state index contributed by atoms with van der Waals surface area (Å²) in [5.74, 6) is 0. The maximum absolute atomic E-state index is 12.3. The molecule has 7 N–H and O–H groups in total. The van der Waals surface area contributed by atoms with Crippen molar-refractivity contribution in [1.82, 2.24) is 0 Å². The molecule has 2 heterocycles. The second-order valence-corrected chi connectivity index (χ2v) is 10.5. The van der Waals surface area contributed by atoms with Gasteiger partial charge in [0.1, 0.15) is 42.7 Å². The van der Waals surface area contributed by atoms with Gasteiger partial charge in [-0.3, -0.25) is 9.05 Å². The van der Waals surface area contributed by atoms with Crippen LogP contribution in [0.3, 0.4) is 0 Å². The number of hydrogen-bond donors (Lipinski definition) is 7. The minimum absolute atomic E-state index is 0.0375. The van der Waals surface area contributed by atoms with E-state index in [2.05, 4.69) is 6.58 Å². The molecule has 0 amide bonds. The number of ether oxygens (including phenoxy) is 3. The van der Waals surface area contributed by atoms with Gasteiger partial charge in [0.05, 0.1) is 19.3 Å². The average Bonchev–Trinajstić information content (AvgIpc) is 2.83. The predicted octanol–water partition coefficient (Wildman–Crippen LogP) is -0.312. The maximum Gasteiger partial charge on any atom is 0.474 e. The molecular formula is C22H41O13P. The minimum atomic E-state index is -4.62. The first-order valence-electron chi connectivity index (χ1n) is 12.3. The number of allylic oxidation sites excluding steroid dienone is 1. The molecule has 0 aromatic rings. The van der Waals surface area contributed by atoms with Crippen molar-refractivity contribution < 1.29 is 63.4 Å². The molecule has 2 fully saturated rings. The number of aliphatic hydroxyl groups excluding tert-OH is 6. The van der Waals surface area contributed by atoms with Gasteiger partial charge in [0.15, 0.2) is 12.6 Å². The van der Waals surface area contributed by atoms with E-state index in [9.17, 15) is 40.1 Å². The van der Waals surface area contributed by atoms with Gasteiger partial charge in [-0.1, -0.05) is 31.8 Å². The van der Waals surface area contributed by atoms with Crippen molar-refractivity contribution in [3.8, 4) is 0 Å². The fourth-order valence-corrected chi connectivity index (χ4v) is 4.91. The summed E-state index contributed by atoms with van der Waals surface area (Å²) in [5.41, 5.74) is 0. The van der Waals surface area contributed by atoms with Crippen LogP contribution in [-0.2, 0) is 27.8 Å². The zero-order valence-corrected chi connectivity index (χ0v) is 21.3. The summed E-state index contributed by atoms with van der Waals surface area (Å²) in [5, 5.41) is 60.1. The molecule has 0 bridgehead atoms. The third-order valence-corrected chi connectivity index (χ3v) is 7.19. The van der Waals surface area contributed by atoms with Gasteiger partial charge in [0, 0.05) is 0 Å². The Hall–Kier alpha value is -0.510. The van der Waals surface area contributed by atoms with E-state index in [1.54, 1.807) is 0 Å². The van der Waals surface area contributed by atoms with Crippen molar-refractivity contribution in [3.63, 3.8) is 0 Å². The van der Waals surface area contributed by atoms with Gasteiger partial charge < -0.3 is 49.7 Å². The van der Waals surface area contributed by atoms with E-state index in [0.29, 0.717) is 6.42 Å². The van der Waals surface area contributed by atoms with Gasteiger partial charge in [-0.25, -0.2) is 4.57 Å². The molecule has 2 saturated heterocycles. The van der Waals surface area contributed by atoms with Gasteiger partial charge in [0.25, 0.3) is 0 Å². The van der Waals surface area contributed by atoms with Crippen LogP contribution in [0, 0.1) is 0 Å². The molecule has 0 spiro atoms. The topological polar surface area (TPSA) is 205 Å². The van der Waals surface area contributed by atoms with Crippen LogP contribution >= 0.6 is 7.82 Å². The normalized spacial score (nSPS) is 39.0. The second-order valence-electron chi connectivity index (χ2n) is 9.09. The minimum Gasteiger partial charge on any atom is -0.394 e. The molecule has 0 radical (unpaired) electrons. The van der Waals surface area contributed by atoms with E-state index < -0.39 is 75.8 Å². The fourth-order valence-electron chi connectivity index (χ4n) is 4.05. The Labute approximate surface area is 210 Å². The maximum atomic E-state index is 12.3. The Morgan fingerprint density at radius 3 is 2.11 bits per heavy atom. The summed E-state index contributed by atoms with van der Waals surface area (Å²) in [4.78, 5) is 10.00. The molecule has 0 saturated carbocycles. The lowest BCUT2D eigenvalue weighted by Gasteiger charge is -2.45. The van der Waals surface area contributed by atoms with Crippen molar-refractivity contribution in [2.75, 3.05) is 13.2 Å². The zero-order chi connectivity index (χ0) is 26.9. The van der Waals surface area contributed by atoms with E-state index in [0.717, 1.165) is 38.5 Å². The zero-order valence-electron chi connectivity index (χ0n) is 20.4. The van der Waals surface area contributed by atoms with Gasteiger partial charge >= 0.3 is 7.82 Å². The molecule has 212 valence electrons. The predicted molar refractivity (Wildman–Crippen MR) is 124 cm³/mol. The molecule has 1 unspecified atom stereocenters. The van der Waals surface area contributed by atoms with Crippen molar-refractivity contribution in [3.05, 3.63) is 12.7 Å². The molecule has 2 rings (SSSR count). The van der Waals surface area contributed by atoms with Crippen molar-refractivity contribution in [2.24, 2.45) is 0 Å². The number of unbranched alkanes of at least 4 members (excludes halogenated alkanes) is 6. The Bertz CT molecular complexity index is 695. The number of rotatable bonds is 15. The van der Waals surface area contributed by atoms with E-state index in [4.69, 9.17) is 23.3 Å². The smallest absolute Gasteiger partial charge is 0.394 e. The highest BCUT2D eigenvalue weighted by Gasteiger charge is 2.51. The van der Waals surface area contributed by atoms with E-state index >= 15 is 0 Å².